The summed E-state index contributed by atoms with van der Waals surface area (Å²) in [6, 6.07) is 48.0. The van der Waals surface area contributed by atoms with Crippen LogP contribution in [-0.2, 0) is 21.6 Å². The van der Waals surface area contributed by atoms with Crippen LogP contribution in [0.25, 0.3) is 22.6 Å². The number of aromatic nitrogens is 1. The molecule has 5 nitrogen and oxygen atoms in total. The lowest BCUT2D eigenvalue weighted by molar-refractivity contribution is 0.0436. The van der Waals surface area contributed by atoms with Gasteiger partial charge in [-0.1, -0.05) is 121 Å². The number of hydrogen-bond acceptors (Lipinski definition) is 5. The fourth-order valence-electron chi connectivity index (χ4n) is 5.94. The van der Waals surface area contributed by atoms with Gasteiger partial charge in [0.05, 0.1) is 25.4 Å². The Bertz CT molecular complexity index is 1680. The fourth-order valence-corrected chi connectivity index (χ4v) is 5.94. The van der Waals surface area contributed by atoms with Crippen LogP contribution < -0.4 is 0 Å². The van der Waals surface area contributed by atoms with Crippen LogP contribution in [0.15, 0.2) is 144 Å². The van der Waals surface area contributed by atoms with E-state index in [1.54, 1.807) is 0 Å². The van der Waals surface area contributed by atoms with Gasteiger partial charge in [-0.15, -0.1) is 6.42 Å². The van der Waals surface area contributed by atoms with Crippen molar-refractivity contribution in [3.05, 3.63) is 162 Å². The number of ether oxygens (including phenoxy) is 2. The third-order valence-corrected chi connectivity index (χ3v) is 8.01. The van der Waals surface area contributed by atoms with Crippen molar-refractivity contribution in [3.63, 3.8) is 0 Å². The molecule has 6 aromatic rings. The normalized spacial score (nSPS) is 11.6. The molecular formula is C40H36N2O3. The second kappa shape index (κ2) is 14.7. The Morgan fingerprint density at radius 2 is 1.18 bits per heavy atom. The van der Waals surface area contributed by atoms with Gasteiger partial charge in [-0.25, -0.2) is 4.98 Å². The second-order valence-electron chi connectivity index (χ2n) is 10.8. The van der Waals surface area contributed by atoms with Gasteiger partial charge in [0.25, 0.3) is 0 Å². The van der Waals surface area contributed by atoms with Crippen LogP contribution in [0.4, 0.5) is 0 Å². The molecule has 0 atom stereocenters. The molecule has 5 heteroatoms. The van der Waals surface area contributed by atoms with Gasteiger partial charge in [-0.2, -0.15) is 0 Å². The zero-order valence-electron chi connectivity index (χ0n) is 25.2. The molecule has 0 saturated heterocycles. The van der Waals surface area contributed by atoms with Crippen molar-refractivity contribution in [3.8, 4) is 23.8 Å². The summed E-state index contributed by atoms with van der Waals surface area (Å²) in [6.45, 7) is 3.11. The highest BCUT2D eigenvalue weighted by Crippen LogP contribution is 2.42. The van der Waals surface area contributed by atoms with Crippen molar-refractivity contribution >= 4 is 11.1 Å². The number of rotatable bonds is 14. The first-order valence-electron chi connectivity index (χ1n) is 15.2. The van der Waals surface area contributed by atoms with Gasteiger partial charge < -0.3 is 13.9 Å². The number of nitrogens with zero attached hydrogens (tertiary/aromatic N) is 2. The molecule has 1 heterocycles. The van der Waals surface area contributed by atoms with Gasteiger partial charge >= 0.3 is 0 Å². The second-order valence-corrected chi connectivity index (χ2v) is 10.8. The van der Waals surface area contributed by atoms with Crippen LogP contribution in [0, 0.1) is 12.3 Å². The van der Waals surface area contributed by atoms with E-state index in [1.165, 1.54) is 16.7 Å². The van der Waals surface area contributed by atoms with Crippen molar-refractivity contribution in [2.45, 2.75) is 12.1 Å². The summed E-state index contributed by atoms with van der Waals surface area (Å²) in [5.74, 6) is 3.21. The van der Waals surface area contributed by atoms with E-state index in [0.29, 0.717) is 38.8 Å². The Kier molecular flexibility index (Phi) is 9.79. The molecule has 6 rings (SSSR count). The number of fused-ring (bicyclic) bond motifs is 1. The van der Waals surface area contributed by atoms with Crippen LogP contribution >= 0.6 is 0 Å². The zero-order chi connectivity index (χ0) is 30.7. The Morgan fingerprint density at radius 3 is 1.73 bits per heavy atom. The summed E-state index contributed by atoms with van der Waals surface area (Å²) in [5, 5.41) is 0. The molecule has 0 aliphatic rings. The highest BCUT2D eigenvalue weighted by atomic mass is 16.5. The van der Waals surface area contributed by atoms with Crippen LogP contribution in [0.1, 0.15) is 22.3 Å². The third-order valence-electron chi connectivity index (χ3n) is 8.01. The number of terminal acetylenes is 1. The van der Waals surface area contributed by atoms with E-state index in [9.17, 15) is 0 Å². The average molecular weight is 593 g/mol. The third kappa shape index (κ3) is 6.74. The van der Waals surface area contributed by atoms with E-state index in [2.05, 4.69) is 119 Å². The Morgan fingerprint density at radius 1 is 0.644 bits per heavy atom. The summed E-state index contributed by atoms with van der Waals surface area (Å²) in [4.78, 5) is 7.08. The molecule has 1 aromatic heterocycles. The lowest BCUT2D eigenvalue weighted by atomic mass is 9.75. The van der Waals surface area contributed by atoms with E-state index in [4.69, 9.17) is 20.3 Å². The maximum absolute atomic E-state index is 6.32. The standard InChI is InChI=1S/C40H36N2O3/c1-2-28-43-29-26-42(27-30-44-31-32-22-24-33(25-23-32)39-41-37-20-12-13-21-38(37)45-39)40(34-14-6-3-7-15-34,35-16-8-4-9-17-35)36-18-10-5-11-19-36/h1,3-25H,26-31H2. The number of benzene rings is 5. The summed E-state index contributed by atoms with van der Waals surface area (Å²) in [7, 11) is 0. The quantitative estimate of drug-likeness (QED) is 0.0730. The van der Waals surface area contributed by atoms with Gasteiger partial charge in [-0.05, 0) is 46.5 Å². The predicted octanol–water partition coefficient (Wildman–Crippen LogP) is 7.96. The van der Waals surface area contributed by atoms with Crippen LogP contribution in [0.5, 0.6) is 0 Å². The van der Waals surface area contributed by atoms with E-state index in [0.717, 1.165) is 22.2 Å². The molecule has 0 unspecified atom stereocenters. The SMILES string of the molecule is C#CCOCCN(CCOCc1ccc(-c2nc3ccccc3o2)cc1)C(c1ccccc1)(c1ccccc1)c1ccccc1. The van der Waals surface area contributed by atoms with Crippen molar-refractivity contribution in [2.75, 3.05) is 32.9 Å². The molecule has 5 aromatic carbocycles. The van der Waals surface area contributed by atoms with Gasteiger partial charge in [0, 0.05) is 18.7 Å². The maximum atomic E-state index is 6.32. The molecule has 0 radical (unpaired) electrons. The molecule has 45 heavy (non-hydrogen) atoms. The largest absolute Gasteiger partial charge is 0.436 e. The summed E-state index contributed by atoms with van der Waals surface area (Å²) in [6.07, 6.45) is 5.50. The highest BCUT2D eigenvalue weighted by Gasteiger charge is 2.41. The Hall–Kier alpha value is -4.99. The Balaban J connectivity index is 1.24. The summed E-state index contributed by atoms with van der Waals surface area (Å²) in [5.41, 5.74) is 6.61. The van der Waals surface area contributed by atoms with Crippen LogP contribution in [0.3, 0.4) is 0 Å². The van der Waals surface area contributed by atoms with Crippen LogP contribution in [0.2, 0.25) is 0 Å². The van der Waals surface area contributed by atoms with E-state index in [1.807, 2.05) is 36.4 Å². The summed E-state index contributed by atoms with van der Waals surface area (Å²) < 4.78 is 18.1. The van der Waals surface area contributed by atoms with Gasteiger partial charge in [-0.3, -0.25) is 4.90 Å². The molecule has 0 amide bonds. The minimum absolute atomic E-state index is 0.277. The number of para-hydroxylation sites is 2. The molecule has 0 aliphatic heterocycles. The van der Waals surface area contributed by atoms with Crippen molar-refractivity contribution < 1.29 is 13.9 Å². The van der Waals surface area contributed by atoms with Gasteiger partial charge in [0.2, 0.25) is 5.89 Å². The first kappa shape index (κ1) is 30.1. The number of oxazole rings is 1. The smallest absolute Gasteiger partial charge is 0.227 e. The highest BCUT2D eigenvalue weighted by molar-refractivity contribution is 5.76. The molecular weight excluding hydrogens is 556 g/mol. The first-order chi connectivity index (χ1) is 22.3. The first-order valence-corrected chi connectivity index (χ1v) is 15.2. The Labute approximate surface area is 265 Å². The zero-order valence-corrected chi connectivity index (χ0v) is 25.2. The molecule has 0 saturated carbocycles. The minimum Gasteiger partial charge on any atom is -0.436 e. The van der Waals surface area contributed by atoms with E-state index < -0.39 is 5.54 Å². The monoisotopic (exact) mass is 592 g/mol. The topological polar surface area (TPSA) is 47.7 Å². The van der Waals surface area contributed by atoms with Crippen molar-refractivity contribution in [1.82, 2.24) is 9.88 Å². The number of hydrogen-bond donors (Lipinski definition) is 0. The van der Waals surface area contributed by atoms with Gasteiger partial charge in [0.1, 0.15) is 12.1 Å². The molecule has 0 fully saturated rings. The molecule has 0 bridgehead atoms. The molecule has 0 N–H and O–H groups in total. The van der Waals surface area contributed by atoms with E-state index in [-0.39, 0.29) is 6.61 Å². The van der Waals surface area contributed by atoms with Crippen molar-refractivity contribution in [2.24, 2.45) is 0 Å². The van der Waals surface area contributed by atoms with Crippen molar-refractivity contribution in [1.29, 1.82) is 0 Å². The molecule has 0 spiro atoms. The average Bonchev–Trinajstić information content (AvgIpc) is 3.55. The minimum atomic E-state index is -0.576. The van der Waals surface area contributed by atoms with Gasteiger partial charge in [0.15, 0.2) is 5.58 Å². The van der Waals surface area contributed by atoms with Crippen LogP contribution in [-0.4, -0.2) is 42.8 Å². The maximum Gasteiger partial charge on any atom is 0.227 e. The lowest BCUT2D eigenvalue weighted by Crippen LogP contribution is -2.50. The summed E-state index contributed by atoms with van der Waals surface area (Å²) >= 11 is 0. The lowest BCUT2D eigenvalue weighted by Gasteiger charge is -2.45. The predicted molar refractivity (Wildman–Crippen MR) is 180 cm³/mol. The molecule has 224 valence electrons. The fraction of sp³-hybridized carbons (Fsp3) is 0.175. The van der Waals surface area contributed by atoms with E-state index >= 15 is 0 Å². The molecule has 0 aliphatic carbocycles.